The maximum Gasteiger partial charge on any atom is 0.236 e. The van der Waals surface area contributed by atoms with Gasteiger partial charge in [0.15, 0.2) is 0 Å². The van der Waals surface area contributed by atoms with E-state index in [4.69, 9.17) is 4.74 Å². The van der Waals surface area contributed by atoms with E-state index in [2.05, 4.69) is 24.3 Å². The molecule has 6 heteroatoms. The van der Waals surface area contributed by atoms with Crippen LogP contribution in [0.2, 0.25) is 0 Å². The third-order valence-electron chi connectivity index (χ3n) is 6.14. The minimum atomic E-state index is -0.424. The van der Waals surface area contributed by atoms with Crippen molar-refractivity contribution in [3.63, 3.8) is 0 Å². The zero-order chi connectivity index (χ0) is 21.8. The van der Waals surface area contributed by atoms with Gasteiger partial charge in [-0.25, -0.2) is 0 Å². The average molecular weight is 422 g/mol. The standard InChI is InChI=1S/C25H31N3O3/c1-26(2)17-24(30)27-13-12-25(18-27)19-28(14-15-31-25)23(29)16-20-8-10-22(11-9-20)21-6-4-3-5-7-21/h3-11H,12-19H2,1-2H3. The fourth-order valence-corrected chi connectivity index (χ4v) is 4.46. The van der Waals surface area contributed by atoms with Crippen molar-refractivity contribution in [2.75, 3.05) is 53.4 Å². The molecular weight excluding hydrogens is 390 g/mol. The molecule has 2 aliphatic rings. The number of rotatable bonds is 5. The molecule has 2 aliphatic heterocycles. The molecule has 31 heavy (non-hydrogen) atoms. The topological polar surface area (TPSA) is 53.1 Å². The molecule has 6 nitrogen and oxygen atoms in total. The van der Waals surface area contributed by atoms with E-state index in [0.29, 0.717) is 45.8 Å². The smallest absolute Gasteiger partial charge is 0.236 e. The number of carbonyl (C=O) groups is 2. The molecule has 2 fully saturated rings. The van der Waals surface area contributed by atoms with Gasteiger partial charge in [0.2, 0.25) is 11.8 Å². The summed E-state index contributed by atoms with van der Waals surface area (Å²) in [6, 6.07) is 18.4. The molecule has 0 aromatic heterocycles. The molecule has 0 aliphatic carbocycles. The number of hydrogen-bond donors (Lipinski definition) is 0. The molecule has 1 atom stereocenters. The summed E-state index contributed by atoms with van der Waals surface area (Å²) in [5.74, 6) is 0.237. The van der Waals surface area contributed by atoms with E-state index in [0.717, 1.165) is 17.5 Å². The summed E-state index contributed by atoms with van der Waals surface area (Å²) in [7, 11) is 3.79. The minimum Gasteiger partial charge on any atom is -0.369 e. The van der Waals surface area contributed by atoms with Crippen molar-refractivity contribution in [1.82, 2.24) is 14.7 Å². The highest BCUT2D eigenvalue weighted by Crippen LogP contribution is 2.30. The predicted octanol–water partition coefficient (Wildman–Crippen LogP) is 2.29. The summed E-state index contributed by atoms with van der Waals surface area (Å²) < 4.78 is 6.11. The lowest BCUT2D eigenvalue weighted by Crippen LogP contribution is -2.55. The number of ether oxygens (including phenoxy) is 1. The molecule has 1 unspecified atom stereocenters. The van der Waals surface area contributed by atoms with Crippen LogP contribution in [0.25, 0.3) is 11.1 Å². The third-order valence-corrected chi connectivity index (χ3v) is 6.14. The van der Waals surface area contributed by atoms with Crippen molar-refractivity contribution in [3.05, 3.63) is 60.2 Å². The quantitative estimate of drug-likeness (QED) is 0.743. The maximum absolute atomic E-state index is 13.0. The SMILES string of the molecule is CN(C)CC(=O)N1CCC2(CN(C(=O)Cc3ccc(-c4ccccc4)cc3)CCO2)C1. The number of carbonyl (C=O) groups excluding carboxylic acids is 2. The molecule has 164 valence electrons. The van der Waals surface area contributed by atoms with Crippen LogP contribution in [0.3, 0.4) is 0 Å². The van der Waals surface area contributed by atoms with Crippen molar-refractivity contribution in [1.29, 1.82) is 0 Å². The van der Waals surface area contributed by atoms with Crippen LogP contribution in [0.5, 0.6) is 0 Å². The van der Waals surface area contributed by atoms with E-state index in [1.165, 1.54) is 5.56 Å². The number of hydrogen-bond acceptors (Lipinski definition) is 4. The summed E-state index contributed by atoms with van der Waals surface area (Å²) in [6.45, 7) is 3.34. The van der Waals surface area contributed by atoms with Crippen LogP contribution >= 0.6 is 0 Å². The Kier molecular flexibility index (Phi) is 6.39. The molecule has 2 heterocycles. The molecule has 0 N–H and O–H groups in total. The van der Waals surface area contributed by atoms with E-state index in [9.17, 15) is 9.59 Å². The Balaban J connectivity index is 1.35. The van der Waals surface area contributed by atoms with Crippen molar-refractivity contribution >= 4 is 11.8 Å². The van der Waals surface area contributed by atoms with Crippen LogP contribution in [0, 0.1) is 0 Å². The van der Waals surface area contributed by atoms with E-state index >= 15 is 0 Å². The van der Waals surface area contributed by atoms with Gasteiger partial charge in [0, 0.05) is 13.1 Å². The van der Waals surface area contributed by atoms with E-state index < -0.39 is 5.60 Å². The Morgan fingerprint density at radius 1 is 0.903 bits per heavy atom. The lowest BCUT2D eigenvalue weighted by molar-refractivity contribution is -0.149. The summed E-state index contributed by atoms with van der Waals surface area (Å²) in [5.41, 5.74) is 2.91. The van der Waals surface area contributed by atoms with Crippen LogP contribution in [-0.4, -0.2) is 85.5 Å². The zero-order valence-corrected chi connectivity index (χ0v) is 18.4. The highest BCUT2D eigenvalue weighted by Gasteiger charge is 2.45. The summed E-state index contributed by atoms with van der Waals surface area (Å²) in [6.07, 6.45) is 1.16. The molecule has 1 spiro atoms. The Morgan fingerprint density at radius 2 is 1.55 bits per heavy atom. The Hall–Kier alpha value is -2.70. The van der Waals surface area contributed by atoms with Crippen LogP contribution in [0.1, 0.15) is 12.0 Å². The maximum atomic E-state index is 13.0. The number of likely N-dealkylation sites (N-methyl/N-ethyl adjacent to an activating group) is 1. The van der Waals surface area contributed by atoms with Gasteiger partial charge in [-0.3, -0.25) is 9.59 Å². The first-order valence-electron chi connectivity index (χ1n) is 10.9. The monoisotopic (exact) mass is 421 g/mol. The van der Waals surface area contributed by atoms with Crippen molar-refractivity contribution < 1.29 is 14.3 Å². The van der Waals surface area contributed by atoms with Gasteiger partial charge in [0.05, 0.1) is 32.7 Å². The molecule has 0 saturated carbocycles. The number of benzene rings is 2. The Bertz CT molecular complexity index is 913. The van der Waals surface area contributed by atoms with Crippen LogP contribution in [0.15, 0.2) is 54.6 Å². The van der Waals surface area contributed by atoms with E-state index in [1.54, 1.807) is 0 Å². The van der Waals surface area contributed by atoms with E-state index in [-0.39, 0.29) is 11.8 Å². The van der Waals surface area contributed by atoms with Crippen molar-refractivity contribution in [2.24, 2.45) is 0 Å². The zero-order valence-electron chi connectivity index (χ0n) is 18.4. The number of amides is 2. The van der Waals surface area contributed by atoms with Gasteiger partial charge < -0.3 is 19.4 Å². The van der Waals surface area contributed by atoms with Gasteiger partial charge >= 0.3 is 0 Å². The van der Waals surface area contributed by atoms with Crippen molar-refractivity contribution in [3.8, 4) is 11.1 Å². The number of likely N-dealkylation sites (tertiary alicyclic amines) is 1. The highest BCUT2D eigenvalue weighted by molar-refractivity contribution is 5.80. The molecule has 0 radical (unpaired) electrons. The van der Waals surface area contributed by atoms with E-state index in [1.807, 2.05) is 59.1 Å². The molecule has 2 aromatic carbocycles. The third kappa shape index (κ3) is 5.14. The van der Waals surface area contributed by atoms with Gasteiger partial charge in [-0.1, -0.05) is 54.6 Å². The average Bonchev–Trinajstić information content (AvgIpc) is 3.17. The highest BCUT2D eigenvalue weighted by atomic mass is 16.5. The van der Waals surface area contributed by atoms with Gasteiger partial charge in [0.1, 0.15) is 5.60 Å². The van der Waals surface area contributed by atoms with Crippen LogP contribution in [-0.2, 0) is 20.7 Å². The summed E-state index contributed by atoms with van der Waals surface area (Å²) >= 11 is 0. The first kappa shape index (κ1) is 21.5. The number of morpholine rings is 1. The first-order valence-corrected chi connectivity index (χ1v) is 10.9. The minimum absolute atomic E-state index is 0.118. The predicted molar refractivity (Wildman–Crippen MR) is 121 cm³/mol. The second-order valence-electron chi connectivity index (χ2n) is 8.89. The second kappa shape index (κ2) is 9.20. The van der Waals surface area contributed by atoms with Crippen molar-refractivity contribution in [2.45, 2.75) is 18.4 Å². The molecule has 4 rings (SSSR count). The number of nitrogens with zero attached hydrogens (tertiary/aromatic N) is 3. The summed E-state index contributed by atoms with van der Waals surface area (Å²) in [4.78, 5) is 31.1. The van der Waals surface area contributed by atoms with Crippen LogP contribution < -0.4 is 0 Å². The second-order valence-corrected chi connectivity index (χ2v) is 8.89. The van der Waals surface area contributed by atoms with Gasteiger partial charge in [-0.05, 0) is 37.2 Å². The van der Waals surface area contributed by atoms with Gasteiger partial charge in [-0.15, -0.1) is 0 Å². The Labute approximate surface area is 184 Å². The largest absolute Gasteiger partial charge is 0.369 e. The molecular formula is C25H31N3O3. The first-order chi connectivity index (χ1) is 14.9. The molecule has 2 aromatic rings. The summed E-state index contributed by atoms with van der Waals surface area (Å²) in [5, 5.41) is 0. The lowest BCUT2D eigenvalue weighted by Gasteiger charge is -2.40. The van der Waals surface area contributed by atoms with Gasteiger partial charge in [-0.2, -0.15) is 0 Å². The molecule has 2 amide bonds. The fourth-order valence-electron chi connectivity index (χ4n) is 4.46. The fraction of sp³-hybridized carbons (Fsp3) is 0.440. The van der Waals surface area contributed by atoms with Gasteiger partial charge in [0.25, 0.3) is 0 Å². The van der Waals surface area contributed by atoms with Crippen LogP contribution in [0.4, 0.5) is 0 Å². The lowest BCUT2D eigenvalue weighted by atomic mass is 9.99. The normalized spacial score (nSPS) is 21.1. The molecule has 2 saturated heterocycles. The molecule has 0 bridgehead atoms. The Morgan fingerprint density at radius 3 is 2.23 bits per heavy atom.